The van der Waals surface area contributed by atoms with Crippen molar-refractivity contribution in [3.63, 3.8) is 0 Å². The molecule has 22 heavy (non-hydrogen) atoms. The molecule has 1 aliphatic heterocycles. The molecule has 112 valence electrons. The van der Waals surface area contributed by atoms with Gasteiger partial charge in [0.25, 0.3) is 0 Å². The highest BCUT2D eigenvalue weighted by Crippen LogP contribution is 2.13. The van der Waals surface area contributed by atoms with Crippen LogP contribution >= 0.6 is 0 Å². The van der Waals surface area contributed by atoms with Gasteiger partial charge in [0, 0.05) is 25.4 Å². The van der Waals surface area contributed by atoms with Crippen LogP contribution in [0.2, 0.25) is 0 Å². The van der Waals surface area contributed by atoms with Gasteiger partial charge in [-0.05, 0) is 30.2 Å². The standard InChI is InChI=1S/C16H16N4O2/c21-15-7-6-14(20-15)16(22)19-10-11-4-5-13(18-9-11)12-3-1-2-8-17-12/h1-5,8-9,14H,6-7,10H2,(H,19,22)(H,20,21). The van der Waals surface area contributed by atoms with Crippen LogP contribution in [0.3, 0.4) is 0 Å². The van der Waals surface area contributed by atoms with Gasteiger partial charge in [0.1, 0.15) is 6.04 Å². The molecule has 0 aliphatic carbocycles. The monoisotopic (exact) mass is 296 g/mol. The molecule has 0 radical (unpaired) electrons. The Bertz CT molecular complexity index is 670. The molecule has 3 heterocycles. The Kier molecular flexibility index (Phi) is 4.09. The van der Waals surface area contributed by atoms with E-state index in [0.29, 0.717) is 19.4 Å². The number of hydrogen-bond donors (Lipinski definition) is 2. The van der Waals surface area contributed by atoms with Crippen LogP contribution in [0.25, 0.3) is 11.4 Å². The second-order valence-electron chi connectivity index (χ2n) is 5.14. The van der Waals surface area contributed by atoms with Crippen LogP contribution < -0.4 is 10.6 Å². The summed E-state index contributed by atoms with van der Waals surface area (Å²) in [4.78, 5) is 31.6. The van der Waals surface area contributed by atoms with Crippen LogP contribution in [0.15, 0.2) is 42.7 Å². The highest BCUT2D eigenvalue weighted by Gasteiger charge is 2.26. The summed E-state index contributed by atoms with van der Waals surface area (Å²) < 4.78 is 0. The van der Waals surface area contributed by atoms with E-state index in [-0.39, 0.29) is 11.8 Å². The molecule has 2 amide bonds. The van der Waals surface area contributed by atoms with Crippen LogP contribution in [0, 0.1) is 0 Å². The summed E-state index contributed by atoms with van der Waals surface area (Å²) in [5.41, 5.74) is 2.50. The summed E-state index contributed by atoms with van der Waals surface area (Å²) in [6.07, 6.45) is 4.42. The molecule has 2 aromatic heterocycles. The van der Waals surface area contributed by atoms with E-state index in [0.717, 1.165) is 17.0 Å². The molecule has 0 bridgehead atoms. The third-order valence-electron chi connectivity index (χ3n) is 3.53. The second kappa shape index (κ2) is 6.34. The number of nitrogens with zero attached hydrogens (tertiary/aromatic N) is 2. The summed E-state index contributed by atoms with van der Waals surface area (Å²) in [6, 6.07) is 9.04. The molecule has 1 fully saturated rings. The normalized spacial score (nSPS) is 17.1. The minimum Gasteiger partial charge on any atom is -0.350 e. The zero-order valence-electron chi connectivity index (χ0n) is 12.0. The van der Waals surface area contributed by atoms with Crippen LogP contribution in [-0.2, 0) is 16.1 Å². The smallest absolute Gasteiger partial charge is 0.242 e. The Morgan fingerprint density at radius 1 is 1.23 bits per heavy atom. The molecule has 2 aromatic rings. The number of pyridine rings is 2. The van der Waals surface area contributed by atoms with E-state index < -0.39 is 6.04 Å². The number of carbonyl (C=O) groups excluding carboxylic acids is 2. The summed E-state index contributed by atoms with van der Waals surface area (Å²) in [7, 11) is 0. The lowest BCUT2D eigenvalue weighted by Gasteiger charge is -2.11. The van der Waals surface area contributed by atoms with Gasteiger partial charge in [0.2, 0.25) is 11.8 Å². The largest absolute Gasteiger partial charge is 0.350 e. The first-order valence-electron chi connectivity index (χ1n) is 7.16. The van der Waals surface area contributed by atoms with Gasteiger partial charge < -0.3 is 10.6 Å². The Morgan fingerprint density at radius 2 is 2.09 bits per heavy atom. The maximum absolute atomic E-state index is 11.9. The zero-order chi connectivity index (χ0) is 15.4. The van der Waals surface area contributed by atoms with Crippen molar-refractivity contribution in [1.82, 2.24) is 20.6 Å². The van der Waals surface area contributed by atoms with E-state index in [2.05, 4.69) is 20.6 Å². The van der Waals surface area contributed by atoms with Crippen molar-refractivity contribution in [2.45, 2.75) is 25.4 Å². The fraction of sp³-hybridized carbons (Fsp3) is 0.250. The quantitative estimate of drug-likeness (QED) is 0.883. The summed E-state index contributed by atoms with van der Waals surface area (Å²) in [5, 5.41) is 5.46. The predicted molar refractivity (Wildman–Crippen MR) is 80.5 cm³/mol. The summed E-state index contributed by atoms with van der Waals surface area (Å²) >= 11 is 0. The van der Waals surface area contributed by atoms with Gasteiger partial charge in [-0.3, -0.25) is 19.6 Å². The molecule has 2 N–H and O–H groups in total. The maximum atomic E-state index is 11.9. The van der Waals surface area contributed by atoms with Crippen molar-refractivity contribution < 1.29 is 9.59 Å². The number of rotatable bonds is 4. The SMILES string of the molecule is O=C1CCC(C(=O)NCc2ccc(-c3ccccn3)nc2)N1. The Labute approximate surface area is 128 Å². The molecular formula is C16H16N4O2. The third kappa shape index (κ3) is 3.28. The van der Waals surface area contributed by atoms with Crippen LogP contribution in [-0.4, -0.2) is 27.8 Å². The minimum absolute atomic E-state index is 0.0680. The van der Waals surface area contributed by atoms with Crippen LogP contribution in [0.5, 0.6) is 0 Å². The average Bonchev–Trinajstić information content (AvgIpc) is 3.00. The summed E-state index contributed by atoms with van der Waals surface area (Å²) in [5.74, 6) is -0.221. The van der Waals surface area contributed by atoms with Crippen molar-refractivity contribution in [1.29, 1.82) is 0 Å². The molecule has 1 atom stereocenters. The van der Waals surface area contributed by atoms with E-state index in [1.807, 2.05) is 30.3 Å². The molecule has 6 heteroatoms. The van der Waals surface area contributed by atoms with Gasteiger partial charge in [-0.25, -0.2) is 0 Å². The lowest BCUT2D eigenvalue weighted by atomic mass is 10.2. The van der Waals surface area contributed by atoms with E-state index in [9.17, 15) is 9.59 Å². The van der Waals surface area contributed by atoms with Gasteiger partial charge in [-0.2, -0.15) is 0 Å². The van der Waals surface area contributed by atoms with Crippen molar-refractivity contribution in [2.24, 2.45) is 0 Å². The average molecular weight is 296 g/mol. The highest BCUT2D eigenvalue weighted by molar-refractivity contribution is 5.90. The molecule has 0 aromatic carbocycles. The number of amides is 2. The second-order valence-corrected chi connectivity index (χ2v) is 5.14. The zero-order valence-corrected chi connectivity index (χ0v) is 12.0. The van der Waals surface area contributed by atoms with Gasteiger partial charge in [-0.15, -0.1) is 0 Å². The molecule has 1 aliphatic rings. The molecule has 0 saturated carbocycles. The Hall–Kier alpha value is -2.76. The van der Waals surface area contributed by atoms with Gasteiger partial charge >= 0.3 is 0 Å². The van der Waals surface area contributed by atoms with Crippen molar-refractivity contribution in [3.05, 3.63) is 48.3 Å². The molecule has 3 rings (SSSR count). The lowest BCUT2D eigenvalue weighted by Crippen LogP contribution is -2.41. The number of nitrogens with one attached hydrogen (secondary N) is 2. The fourth-order valence-electron chi connectivity index (χ4n) is 2.32. The highest BCUT2D eigenvalue weighted by atomic mass is 16.2. The van der Waals surface area contributed by atoms with Crippen molar-refractivity contribution >= 4 is 11.8 Å². The molecule has 1 saturated heterocycles. The topological polar surface area (TPSA) is 84.0 Å². The number of aromatic nitrogens is 2. The van der Waals surface area contributed by atoms with E-state index in [1.54, 1.807) is 12.4 Å². The van der Waals surface area contributed by atoms with Gasteiger partial charge in [0.05, 0.1) is 11.4 Å². The number of carbonyl (C=O) groups is 2. The Balaban J connectivity index is 1.57. The van der Waals surface area contributed by atoms with Crippen LogP contribution in [0.4, 0.5) is 0 Å². The van der Waals surface area contributed by atoms with E-state index in [1.165, 1.54) is 0 Å². The third-order valence-corrected chi connectivity index (χ3v) is 3.53. The molecule has 0 spiro atoms. The minimum atomic E-state index is -0.409. The lowest BCUT2D eigenvalue weighted by molar-refractivity contribution is -0.125. The predicted octanol–water partition coefficient (Wildman–Crippen LogP) is 1.04. The van der Waals surface area contributed by atoms with Gasteiger partial charge in [0.15, 0.2) is 0 Å². The number of hydrogen-bond acceptors (Lipinski definition) is 4. The Morgan fingerprint density at radius 3 is 2.73 bits per heavy atom. The molecule has 1 unspecified atom stereocenters. The summed E-state index contributed by atoms with van der Waals surface area (Å²) in [6.45, 7) is 0.390. The fourth-order valence-corrected chi connectivity index (χ4v) is 2.32. The maximum Gasteiger partial charge on any atom is 0.242 e. The first-order chi connectivity index (χ1) is 10.7. The first-order valence-corrected chi connectivity index (χ1v) is 7.16. The first kappa shape index (κ1) is 14.2. The van der Waals surface area contributed by atoms with Gasteiger partial charge in [-0.1, -0.05) is 12.1 Å². The van der Waals surface area contributed by atoms with Crippen molar-refractivity contribution in [2.75, 3.05) is 0 Å². The molecular weight excluding hydrogens is 280 g/mol. The van der Waals surface area contributed by atoms with Crippen LogP contribution in [0.1, 0.15) is 18.4 Å². The van der Waals surface area contributed by atoms with E-state index >= 15 is 0 Å². The molecule has 6 nitrogen and oxygen atoms in total. The van der Waals surface area contributed by atoms with Crippen molar-refractivity contribution in [3.8, 4) is 11.4 Å². The van der Waals surface area contributed by atoms with E-state index in [4.69, 9.17) is 0 Å².